The van der Waals surface area contributed by atoms with Crippen molar-refractivity contribution in [3.8, 4) is 5.75 Å². The molecule has 9 heteroatoms. The Morgan fingerprint density at radius 2 is 1.69 bits per heavy atom. The van der Waals surface area contributed by atoms with Crippen LogP contribution in [0.3, 0.4) is 0 Å². The fraction of sp³-hybridized carbons (Fsp3) is 0.350. The summed E-state index contributed by atoms with van der Waals surface area (Å²) in [6.07, 6.45) is 0. The van der Waals surface area contributed by atoms with Gasteiger partial charge in [-0.05, 0) is 43.3 Å². The first kappa shape index (κ1) is 21.4. The first-order valence-corrected chi connectivity index (χ1v) is 11.1. The number of ether oxygens (including phenoxy) is 1. The van der Waals surface area contributed by atoms with Crippen molar-refractivity contribution in [3.63, 3.8) is 0 Å². The van der Waals surface area contributed by atoms with E-state index < -0.39 is 15.4 Å². The number of anilines is 2. The van der Waals surface area contributed by atoms with Gasteiger partial charge in [-0.25, -0.2) is 8.42 Å². The smallest absolute Gasteiger partial charge is 0.243 e. The number of amides is 1. The first-order valence-electron chi connectivity index (χ1n) is 9.26. The maximum Gasteiger partial charge on any atom is 0.243 e. The number of carbonyl (C=O) groups is 1. The zero-order valence-corrected chi connectivity index (χ0v) is 17.9. The molecule has 2 aromatic rings. The Hall–Kier alpha value is -2.29. The van der Waals surface area contributed by atoms with E-state index in [0.29, 0.717) is 31.9 Å². The van der Waals surface area contributed by atoms with E-state index in [1.807, 2.05) is 24.3 Å². The van der Waals surface area contributed by atoms with E-state index in [9.17, 15) is 13.2 Å². The minimum atomic E-state index is -3.61. The number of nitrogens with one attached hydrogen (secondary N) is 1. The molecule has 7 nitrogen and oxygen atoms in total. The number of methoxy groups -OCH3 is 1. The van der Waals surface area contributed by atoms with Crippen molar-refractivity contribution in [1.82, 2.24) is 4.31 Å². The fourth-order valence-electron chi connectivity index (χ4n) is 3.16. The molecule has 0 unspecified atom stereocenters. The lowest BCUT2D eigenvalue weighted by Crippen LogP contribution is -2.48. The Balaban J connectivity index is 1.67. The van der Waals surface area contributed by atoms with Crippen LogP contribution in [0.1, 0.15) is 6.92 Å². The van der Waals surface area contributed by atoms with E-state index >= 15 is 0 Å². The van der Waals surface area contributed by atoms with Crippen LogP contribution in [0, 0.1) is 0 Å². The molecule has 0 aromatic heterocycles. The summed E-state index contributed by atoms with van der Waals surface area (Å²) in [6, 6.07) is 13.8. The maximum atomic E-state index is 13.0. The van der Waals surface area contributed by atoms with Crippen molar-refractivity contribution in [2.75, 3.05) is 43.5 Å². The molecule has 1 aliphatic heterocycles. The summed E-state index contributed by atoms with van der Waals surface area (Å²) in [5.41, 5.74) is 1.46. The molecular weight excluding hydrogens is 414 g/mol. The van der Waals surface area contributed by atoms with E-state index in [2.05, 4.69) is 10.2 Å². The van der Waals surface area contributed by atoms with E-state index in [4.69, 9.17) is 16.3 Å². The highest BCUT2D eigenvalue weighted by Gasteiger charge is 2.29. The lowest BCUT2D eigenvalue weighted by molar-refractivity contribution is -0.115. The second-order valence-corrected chi connectivity index (χ2v) is 9.29. The van der Waals surface area contributed by atoms with Gasteiger partial charge in [0.15, 0.2) is 0 Å². The molecule has 1 saturated heterocycles. The molecule has 0 saturated carbocycles. The number of benzene rings is 2. The Morgan fingerprint density at radius 1 is 1.07 bits per heavy atom. The molecular formula is C20H24ClN3O4S. The lowest BCUT2D eigenvalue weighted by Gasteiger charge is -2.35. The van der Waals surface area contributed by atoms with Crippen LogP contribution in [0.15, 0.2) is 53.4 Å². The van der Waals surface area contributed by atoms with Gasteiger partial charge in [-0.3, -0.25) is 4.79 Å². The van der Waals surface area contributed by atoms with Gasteiger partial charge in [0.2, 0.25) is 15.9 Å². The number of para-hydroxylation sites is 2. The van der Waals surface area contributed by atoms with Gasteiger partial charge in [-0.15, -0.1) is 11.6 Å². The highest BCUT2D eigenvalue weighted by molar-refractivity contribution is 7.89. The predicted molar refractivity (Wildman–Crippen MR) is 114 cm³/mol. The van der Waals surface area contributed by atoms with Crippen molar-refractivity contribution in [2.45, 2.75) is 17.2 Å². The summed E-state index contributed by atoms with van der Waals surface area (Å²) in [5, 5.41) is 1.97. The second kappa shape index (κ2) is 9.02. The number of hydrogen-bond donors (Lipinski definition) is 1. The van der Waals surface area contributed by atoms with Gasteiger partial charge >= 0.3 is 0 Å². The van der Waals surface area contributed by atoms with Crippen LogP contribution in [0.4, 0.5) is 11.4 Å². The topological polar surface area (TPSA) is 79.0 Å². The molecule has 0 aliphatic carbocycles. The molecule has 1 heterocycles. The molecule has 3 rings (SSSR count). The van der Waals surface area contributed by atoms with Crippen LogP contribution in [0.2, 0.25) is 0 Å². The summed E-state index contributed by atoms with van der Waals surface area (Å²) in [5.74, 6) is 0.433. The van der Waals surface area contributed by atoms with Crippen molar-refractivity contribution in [2.24, 2.45) is 0 Å². The van der Waals surface area contributed by atoms with Crippen LogP contribution in [-0.2, 0) is 14.8 Å². The van der Waals surface area contributed by atoms with Gasteiger partial charge in [0.25, 0.3) is 0 Å². The largest absolute Gasteiger partial charge is 0.495 e. The SMILES string of the molecule is COc1ccccc1N1CCN(S(=O)(=O)c2ccc(NC(=O)[C@@H](C)Cl)cc2)CC1. The zero-order chi connectivity index (χ0) is 21.0. The Labute approximate surface area is 176 Å². The van der Waals surface area contributed by atoms with Gasteiger partial charge in [-0.1, -0.05) is 12.1 Å². The average Bonchev–Trinajstić information content (AvgIpc) is 2.74. The van der Waals surface area contributed by atoms with Crippen LogP contribution in [-0.4, -0.2) is 57.3 Å². The number of nitrogens with zero attached hydrogens (tertiary/aromatic N) is 2. The lowest BCUT2D eigenvalue weighted by atomic mass is 10.2. The van der Waals surface area contributed by atoms with Crippen LogP contribution >= 0.6 is 11.6 Å². The number of alkyl halides is 1. The number of hydrogen-bond acceptors (Lipinski definition) is 5. The summed E-state index contributed by atoms with van der Waals surface area (Å²) < 4.78 is 32.8. The van der Waals surface area contributed by atoms with E-state index in [-0.39, 0.29) is 10.8 Å². The molecule has 29 heavy (non-hydrogen) atoms. The number of carbonyl (C=O) groups excluding carboxylic acids is 1. The van der Waals surface area contributed by atoms with E-state index in [1.54, 1.807) is 26.2 Å². The number of halogens is 1. The summed E-state index contributed by atoms with van der Waals surface area (Å²) in [6.45, 7) is 3.47. The molecule has 0 spiro atoms. The van der Waals surface area contributed by atoms with Gasteiger partial charge < -0.3 is 15.0 Å². The average molecular weight is 438 g/mol. The Kier molecular flexibility index (Phi) is 6.66. The van der Waals surface area contributed by atoms with Crippen molar-refractivity contribution in [1.29, 1.82) is 0 Å². The fourth-order valence-corrected chi connectivity index (χ4v) is 4.64. The van der Waals surface area contributed by atoms with Crippen LogP contribution < -0.4 is 15.0 Å². The van der Waals surface area contributed by atoms with Gasteiger partial charge in [-0.2, -0.15) is 4.31 Å². The minimum Gasteiger partial charge on any atom is -0.495 e. The molecule has 1 aliphatic rings. The van der Waals surface area contributed by atoms with E-state index in [0.717, 1.165) is 11.4 Å². The highest BCUT2D eigenvalue weighted by Crippen LogP contribution is 2.29. The third kappa shape index (κ3) is 4.83. The standard InChI is InChI=1S/C20H24ClN3O4S/c1-15(21)20(25)22-16-7-9-17(10-8-16)29(26,27)24-13-11-23(12-14-24)18-5-3-4-6-19(18)28-2/h3-10,15H,11-14H2,1-2H3,(H,22,25)/t15-/m1/s1. The quantitative estimate of drug-likeness (QED) is 0.703. The van der Waals surface area contributed by atoms with Gasteiger partial charge in [0.05, 0.1) is 17.7 Å². The highest BCUT2D eigenvalue weighted by atomic mass is 35.5. The van der Waals surface area contributed by atoms with Crippen LogP contribution in [0.5, 0.6) is 5.75 Å². The molecule has 1 N–H and O–H groups in total. The molecule has 0 bridgehead atoms. The summed E-state index contributed by atoms with van der Waals surface area (Å²) >= 11 is 5.73. The molecule has 1 fully saturated rings. The maximum absolute atomic E-state index is 13.0. The van der Waals surface area contributed by atoms with E-state index in [1.165, 1.54) is 16.4 Å². The van der Waals surface area contributed by atoms with Gasteiger partial charge in [0, 0.05) is 31.9 Å². The molecule has 156 valence electrons. The Morgan fingerprint density at radius 3 is 2.28 bits per heavy atom. The second-order valence-electron chi connectivity index (χ2n) is 6.69. The minimum absolute atomic E-state index is 0.195. The molecule has 1 atom stereocenters. The first-order chi connectivity index (χ1) is 13.8. The molecule has 2 aromatic carbocycles. The summed E-state index contributed by atoms with van der Waals surface area (Å²) in [7, 11) is -1.98. The molecule has 0 radical (unpaired) electrons. The Bertz CT molecular complexity index is 956. The normalized spacial score (nSPS) is 16.3. The number of piperazine rings is 1. The van der Waals surface area contributed by atoms with Crippen LogP contribution in [0.25, 0.3) is 0 Å². The zero-order valence-electron chi connectivity index (χ0n) is 16.3. The number of sulfonamides is 1. The number of rotatable bonds is 6. The van der Waals surface area contributed by atoms with Gasteiger partial charge in [0.1, 0.15) is 11.1 Å². The monoisotopic (exact) mass is 437 g/mol. The third-order valence-electron chi connectivity index (χ3n) is 4.79. The van der Waals surface area contributed by atoms with Crippen molar-refractivity contribution in [3.05, 3.63) is 48.5 Å². The van der Waals surface area contributed by atoms with Crippen molar-refractivity contribution < 1.29 is 17.9 Å². The van der Waals surface area contributed by atoms with Crippen molar-refractivity contribution >= 4 is 38.9 Å². The predicted octanol–water partition coefficient (Wildman–Crippen LogP) is 2.77. The summed E-state index contributed by atoms with van der Waals surface area (Å²) in [4.78, 5) is 14.0. The molecule has 1 amide bonds. The third-order valence-corrected chi connectivity index (χ3v) is 6.90.